The van der Waals surface area contributed by atoms with Gasteiger partial charge in [0.25, 0.3) is 0 Å². The Labute approximate surface area is 92.2 Å². The topological polar surface area (TPSA) is 58.4 Å². The van der Waals surface area contributed by atoms with E-state index >= 15 is 0 Å². The van der Waals surface area contributed by atoms with E-state index < -0.39 is 0 Å². The van der Waals surface area contributed by atoms with E-state index in [0.29, 0.717) is 0 Å². The van der Waals surface area contributed by atoms with E-state index in [1.165, 1.54) is 0 Å². The van der Waals surface area contributed by atoms with E-state index in [-0.39, 0.29) is 17.4 Å². The molecule has 1 heterocycles. The van der Waals surface area contributed by atoms with Crippen LogP contribution in [0, 0.1) is 5.92 Å². The van der Waals surface area contributed by atoms with Crippen LogP contribution in [0.15, 0.2) is 0 Å². The Bertz CT molecular complexity index is 214. The van der Waals surface area contributed by atoms with Gasteiger partial charge in [-0.2, -0.15) is 0 Å². The summed E-state index contributed by atoms with van der Waals surface area (Å²) in [6.07, 6.45) is 1.91. The molecular formula is C11H23N3O. The van der Waals surface area contributed by atoms with E-state index in [2.05, 4.69) is 10.2 Å². The molecule has 0 radical (unpaired) electrons. The van der Waals surface area contributed by atoms with Gasteiger partial charge in [-0.1, -0.05) is 0 Å². The summed E-state index contributed by atoms with van der Waals surface area (Å²) < 4.78 is 0. The number of piperidine rings is 1. The van der Waals surface area contributed by atoms with Gasteiger partial charge in [0.05, 0.1) is 0 Å². The van der Waals surface area contributed by atoms with Gasteiger partial charge in [-0.3, -0.25) is 4.79 Å². The van der Waals surface area contributed by atoms with Crippen LogP contribution in [0.3, 0.4) is 0 Å². The summed E-state index contributed by atoms with van der Waals surface area (Å²) in [5.74, 6) is 0.383. The van der Waals surface area contributed by atoms with Crippen molar-refractivity contribution in [1.82, 2.24) is 10.2 Å². The molecule has 0 spiro atoms. The van der Waals surface area contributed by atoms with Gasteiger partial charge in [0.15, 0.2) is 0 Å². The lowest BCUT2D eigenvalue weighted by Gasteiger charge is -2.35. The summed E-state index contributed by atoms with van der Waals surface area (Å²) in [5, 5.41) is 2.72. The predicted octanol–water partition coefficient (Wildman–Crippen LogP) is 0.182. The van der Waals surface area contributed by atoms with Crippen molar-refractivity contribution >= 4 is 5.91 Å². The Kier molecular flexibility index (Phi) is 4.11. The standard InChI is InChI=1S/C11H23N3O/c1-11(2,12)8-14-6-4-9(5-7-14)10(15)13-3/h9H,4-8,12H2,1-3H3,(H,13,15). The first kappa shape index (κ1) is 12.5. The van der Waals surface area contributed by atoms with Crippen molar-refractivity contribution in [3.05, 3.63) is 0 Å². The van der Waals surface area contributed by atoms with Crippen molar-refractivity contribution in [3.63, 3.8) is 0 Å². The summed E-state index contributed by atoms with van der Waals surface area (Å²) >= 11 is 0. The molecule has 1 aliphatic heterocycles. The molecule has 0 bridgehead atoms. The molecule has 1 amide bonds. The average Bonchev–Trinajstić information content (AvgIpc) is 2.15. The number of carbonyl (C=O) groups excluding carboxylic acids is 1. The molecule has 0 atom stereocenters. The lowest BCUT2D eigenvalue weighted by Crippen LogP contribution is -2.49. The van der Waals surface area contributed by atoms with Crippen LogP contribution in [0.2, 0.25) is 0 Å². The van der Waals surface area contributed by atoms with Crippen LogP contribution >= 0.6 is 0 Å². The van der Waals surface area contributed by atoms with Crippen LogP contribution in [-0.4, -0.2) is 43.0 Å². The lowest BCUT2D eigenvalue weighted by molar-refractivity contribution is -0.125. The van der Waals surface area contributed by atoms with Crippen molar-refractivity contribution in [2.24, 2.45) is 11.7 Å². The van der Waals surface area contributed by atoms with Gasteiger partial charge in [-0.25, -0.2) is 0 Å². The van der Waals surface area contributed by atoms with Gasteiger partial charge in [0, 0.05) is 25.0 Å². The molecular weight excluding hydrogens is 190 g/mol. The SMILES string of the molecule is CNC(=O)C1CCN(CC(C)(C)N)CC1. The van der Waals surface area contributed by atoms with Crippen molar-refractivity contribution in [2.75, 3.05) is 26.7 Å². The van der Waals surface area contributed by atoms with Crippen molar-refractivity contribution in [1.29, 1.82) is 0 Å². The van der Waals surface area contributed by atoms with Crippen molar-refractivity contribution < 1.29 is 4.79 Å². The predicted molar refractivity (Wildman–Crippen MR) is 61.5 cm³/mol. The molecule has 15 heavy (non-hydrogen) atoms. The minimum atomic E-state index is -0.139. The minimum absolute atomic E-state index is 0.139. The average molecular weight is 213 g/mol. The Morgan fingerprint density at radius 1 is 1.47 bits per heavy atom. The summed E-state index contributed by atoms with van der Waals surface area (Å²) in [4.78, 5) is 13.8. The number of hydrogen-bond donors (Lipinski definition) is 2. The molecule has 4 heteroatoms. The number of rotatable bonds is 3. The van der Waals surface area contributed by atoms with Crippen molar-refractivity contribution in [2.45, 2.75) is 32.2 Å². The van der Waals surface area contributed by atoms with E-state index in [9.17, 15) is 4.79 Å². The Morgan fingerprint density at radius 2 is 2.00 bits per heavy atom. The fourth-order valence-electron chi connectivity index (χ4n) is 2.13. The lowest BCUT2D eigenvalue weighted by atomic mass is 9.94. The number of likely N-dealkylation sites (tertiary alicyclic amines) is 1. The summed E-state index contributed by atoms with van der Waals surface area (Å²) in [6.45, 7) is 6.96. The third-order valence-electron chi connectivity index (χ3n) is 2.84. The number of nitrogens with two attached hydrogens (primary N) is 1. The summed E-state index contributed by atoms with van der Waals surface area (Å²) in [7, 11) is 1.71. The Morgan fingerprint density at radius 3 is 2.40 bits per heavy atom. The highest BCUT2D eigenvalue weighted by Gasteiger charge is 2.26. The molecule has 0 saturated carbocycles. The van der Waals surface area contributed by atoms with Crippen LogP contribution in [0.25, 0.3) is 0 Å². The zero-order valence-electron chi connectivity index (χ0n) is 10.0. The molecule has 4 nitrogen and oxygen atoms in total. The van der Waals surface area contributed by atoms with Gasteiger partial charge in [-0.15, -0.1) is 0 Å². The second kappa shape index (κ2) is 4.94. The normalized spacial score (nSPS) is 20.3. The van der Waals surface area contributed by atoms with E-state index in [1.54, 1.807) is 7.05 Å². The highest BCUT2D eigenvalue weighted by atomic mass is 16.1. The van der Waals surface area contributed by atoms with Crippen LogP contribution in [-0.2, 0) is 4.79 Å². The Hall–Kier alpha value is -0.610. The largest absolute Gasteiger partial charge is 0.359 e. The third-order valence-corrected chi connectivity index (χ3v) is 2.84. The molecule has 1 aliphatic rings. The summed E-state index contributed by atoms with van der Waals surface area (Å²) in [5.41, 5.74) is 5.83. The second-order valence-electron chi connectivity index (χ2n) is 5.15. The van der Waals surface area contributed by atoms with E-state index in [0.717, 1.165) is 32.5 Å². The third kappa shape index (κ3) is 4.18. The first-order chi connectivity index (χ1) is 6.92. The molecule has 0 aromatic rings. The molecule has 0 aromatic carbocycles. The number of nitrogens with one attached hydrogen (secondary N) is 1. The second-order valence-corrected chi connectivity index (χ2v) is 5.15. The molecule has 3 N–H and O–H groups in total. The van der Waals surface area contributed by atoms with Crippen LogP contribution in [0.5, 0.6) is 0 Å². The first-order valence-corrected chi connectivity index (χ1v) is 5.65. The highest BCUT2D eigenvalue weighted by Crippen LogP contribution is 2.18. The fourth-order valence-corrected chi connectivity index (χ4v) is 2.13. The number of carbonyl (C=O) groups is 1. The van der Waals surface area contributed by atoms with E-state index in [4.69, 9.17) is 5.73 Å². The smallest absolute Gasteiger partial charge is 0.222 e. The maximum Gasteiger partial charge on any atom is 0.222 e. The molecule has 0 aliphatic carbocycles. The number of nitrogens with zero attached hydrogens (tertiary/aromatic N) is 1. The number of hydrogen-bond acceptors (Lipinski definition) is 3. The Balaban J connectivity index is 2.33. The van der Waals surface area contributed by atoms with Crippen LogP contribution in [0.4, 0.5) is 0 Å². The highest BCUT2D eigenvalue weighted by molar-refractivity contribution is 5.78. The first-order valence-electron chi connectivity index (χ1n) is 5.65. The molecule has 1 rings (SSSR count). The quantitative estimate of drug-likeness (QED) is 0.703. The van der Waals surface area contributed by atoms with Crippen molar-refractivity contribution in [3.8, 4) is 0 Å². The van der Waals surface area contributed by atoms with Crippen LogP contribution in [0.1, 0.15) is 26.7 Å². The monoisotopic (exact) mass is 213 g/mol. The maximum absolute atomic E-state index is 11.4. The fraction of sp³-hybridized carbons (Fsp3) is 0.909. The van der Waals surface area contributed by atoms with Gasteiger partial charge in [0.2, 0.25) is 5.91 Å². The summed E-state index contributed by atoms with van der Waals surface area (Å²) in [6, 6.07) is 0. The minimum Gasteiger partial charge on any atom is -0.359 e. The maximum atomic E-state index is 11.4. The number of amides is 1. The van der Waals surface area contributed by atoms with Gasteiger partial charge < -0.3 is 16.0 Å². The zero-order valence-corrected chi connectivity index (χ0v) is 10.0. The van der Waals surface area contributed by atoms with Gasteiger partial charge in [-0.05, 0) is 39.8 Å². The zero-order chi connectivity index (χ0) is 11.5. The van der Waals surface area contributed by atoms with Gasteiger partial charge >= 0.3 is 0 Å². The molecule has 1 fully saturated rings. The molecule has 0 unspecified atom stereocenters. The van der Waals surface area contributed by atoms with E-state index in [1.807, 2.05) is 13.8 Å². The molecule has 88 valence electrons. The molecule has 1 saturated heterocycles. The molecule has 0 aromatic heterocycles. The van der Waals surface area contributed by atoms with Crippen LogP contribution < -0.4 is 11.1 Å². The van der Waals surface area contributed by atoms with Gasteiger partial charge in [0.1, 0.15) is 0 Å².